The lowest BCUT2D eigenvalue weighted by Gasteiger charge is -2.42. The van der Waals surface area contributed by atoms with Gasteiger partial charge in [-0.1, -0.05) is 113 Å². The highest BCUT2D eigenvalue weighted by Gasteiger charge is 2.49. The largest absolute Gasteiger partial charge is 0.404 e. The van der Waals surface area contributed by atoms with E-state index in [9.17, 15) is 0 Å². The van der Waals surface area contributed by atoms with Crippen molar-refractivity contribution in [3.05, 3.63) is 85.0 Å². The fraction of sp³-hybridized carbons (Fsp3) is 0.304. The second-order valence-corrected chi connectivity index (χ2v) is 11.5. The second-order valence-electron chi connectivity index (χ2n) is 7.24. The molecule has 25 heavy (non-hydrogen) atoms. The Morgan fingerprint density at radius 3 is 1.72 bits per heavy atom. The molecule has 0 aliphatic heterocycles. The lowest BCUT2D eigenvalue weighted by Crippen LogP contribution is -2.66. The molecule has 0 spiro atoms. The van der Waals surface area contributed by atoms with Crippen LogP contribution in [0.15, 0.2) is 85.0 Å². The fourth-order valence-corrected chi connectivity index (χ4v) is 7.79. The van der Waals surface area contributed by atoms with Gasteiger partial charge in [-0.25, -0.2) is 0 Å². The summed E-state index contributed by atoms with van der Waals surface area (Å²) in [6.45, 7) is 9.68. The van der Waals surface area contributed by atoms with Crippen LogP contribution in [0.5, 0.6) is 0 Å². The van der Waals surface area contributed by atoms with Crippen LogP contribution in [-0.4, -0.2) is 14.9 Å². The highest BCUT2D eigenvalue weighted by atomic mass is 28.4. The van der Waals surface area contributed by atoms with E-state index in [0.29, 0.717) is 6.61 Å². The molecule has 0 aromatic heterocycles. The minimum atomic E-state index is -2.39. The van der Waals surface area contributed by atoms with E-state index in [1.807, 2.05) is 0 Å². The molecule has 1 nitrogen and oxygen atoms in total. The van der Waals surface area contributed by atoms with Crippen LogP contribution in [0.4, 0.5) is 0 Å². The SMILES string of the molecule is CC/C=C\C=C\CO[Si](c1ccccc1)(c1ccccc1)C(C)(C)C. The van der Waals surface area contributed by atoms with Crippen molar-refractivity contribution < 1.29 is 4.43 Å². The average Bonchev–Trinajstić information content (AvgIpc) is 2.62. The standard InChI is InChI=1S/C23H30OSi/c1-5-6-7-8-15-20-24-25(23(2,3)4,21-16-11-9-12-17-21)22-18-13-10-14-19-22/h6-19H,5,20H2,1-4H3/b7-6-,15-8+. The van der Waals surface area contributed by atoms with Crippen LogP contribution in [0.3, 0.4) is 0 Å². The van der Waals surface area contributed by atoms with E-state index in [1.54, 1.807) is 0 Å². The molecule has 0 unspecified atom stereocenters. The molecule has 2 aromatic rings. The Morgan fingerprint density at radius 1 is 0.800 bits per heavy atom. The van der Waals surface area contributed by atoms with Crippen molar-refractivity contribution in [1.29, 1.82) is 0 Å². The lowest BCUT2D eigenvalue weighted by atomic mass is 10.2. The maximum Gasteiger partial charge on any atom is 0.261 e. The van der Waals surface area contributed by atoms with Gasteiger partial charge in [-0.15, -0.1) is 0 Å². The first kappa shape index (κ1) is 19.4. The van der Waals surface area contributed by atoms with Gasteiger partial charge in [-0.05, 0) is 21.8 Å². The summed E-state index contributed by atoms with van der Waals surface area (Å²) in [5.41, 5.74) is 0. The van der Waals surface area contributed by atoms with Crippen LogP contribution in [-0.2, 0) is 4.43 Å². The van der Waals surface area contributed by atoms with E-state index in [2.05, 4.69) is 113 Å². The zero-order chi connectivity index (χ0) is 18.2. The molecule has 0 bridgehead atoms. The predicted molar refractivity (Wildman–Crippen MR) is 112 cm³/mol. The van der Waals surface area contributed by atoms with E-state index >= 15 is 0 Å². The third-order valence-electron chi connectivity index (χ3n) is 4.43. The second kappa shape index (κ2) is 8.98. The van der Waals surface area contributed by atoms with Gasteiger partial charge in [0.1, 0.15) is 0 Å². The number of hydrogen-bond acceptors (Lipinski definition) is 1. The minimum Gasteiger partial charge on any atom is -0.404 e. The van der Waals surface area contributed by atoms with E-state index in [-0.39, 0.29) is 5.04 Å². The molecule has 0 radical (unpaired) electrons. The zero-order valence-electron chi connectivity index (χ0n) is 15.9. The molecule has 0 saturated heterocycles. The monoisotopic (exact) mass is 350 g/mol. The Hall–Kier alpha value is -1.90. The summed E-state index contributed by atoms with van der Waals surface area (Å²) in [5.74, 6) is 0. The molecule has 0 heterocycles. The molecule has 0 N–H and O–H groups in total. The van der Waals surface area contributed by atoms with Crippen molar-refractivity contribution in [3.8, 4) is 0 Å². The maximum absolute atomic E-state index is 6.76. The third kappa shape index (κ3) is 4.59. The molecule has 132 valence electrons. The van der Waals surface area contributed by atoms with Crippen LogP contribution in [0.25, 0.3) is 0 Å². The molecule has 2 aromatic carbocycles. The molecule has 0 aliphatic carbocycles. The zero-order valence-corrected chi connectivity index (χ0v) is 16.9. The first-order valence-electron chi connectivity index (χ1n) is 9.09. The quantitative estimate of drug-likeness (QED) is 0.499. The molecule has 0 aliphatic rings. The Balaban J connectivity index is 2.46. The highest BCUT2D eigenvalue weighted by molar-refractivity contribution is 6.99. The summed E-state index contributed by atoms with van der Waals surface area (Å²) >= 11 is 0. The van der Waals surface area contributed by atoms with Crippen LogP contribution in [0, 0.1) is 0 Å². The highest BCUT2D eigenvalue weighted by Crippen LogP contribution is 2.36. The summed E-state index contributed by atoms with van der Waals surface area (Å²) in [6.07, 6.45) is 9.50. The van der Waals surface area contributed by atoms with Crippen molar-refractivity contribution in [1.82, 2.24) is 0 Å². The van der Waals surface area contributed by atoms with Gasteiger partial charge in [0.05, 0.1) is 6.61 Å². The van der Waals surface area contributed by atoms with Gasteiger partial charge < -0.3 is 4.43 Å². The van der Waals surface area contributed by atoms with Gasteiger partial charge in [-0.3, -0.25) is 0 Å². The smallest absolute Gasteiger partial charge is 0.261 e. The number of allylic oxidation sites excluding steroid dienone is 3. The van der Waals surface area contributed by atoms with Gasteiger partial charge in [-0.2, -0.15) is 0 Å². The van der Waals surface area contributed by atoms with Crippen molar-refractivity contribution in [2.45, 2.75) is 39.2 Å². The minimum absolute atomic E-state index is 0.0306. The fourth-order valence-electron chi connectivity index (χ4n) is 3.28. The first-order valence-corrected chi connectivity index (χ1v) is 11.0. The average molecular weight is 351 g/mol. The molecule has 2 heteroatoms. The van der Waals surface area contributed by atoms with Crippen molar-refractivity contribution in [2.75, 3.05) is 6.61 Å². The van der Waals surface area contributed by atoms with Crippen LogP contribution >= 0.6 is 0 Å². The van der Waals surface area contributed by atoms with Crippen LogP contribution in [0.1, 0.15) is 34.1 Å². The van der Waals surface area contributed by atoms with E-state index < -0.39 is 8.32 Å². The van der Waals surface area contributed by atoms with E-state index in [4.69, 9.17) is 4.43 Å². The third-order valence-corrected chi connectivity index (χ3v) is 9.44. The predicted octanol–water partition coefficient (Wildman–Crippen LogP) is 5.09. The molecule has 0 atom stereocenters. The Morgan fingerprint density at radius 2 is 1.28 bits per heavy atom. The van der Waals surface area contributed by atoms with E-state index in [1.165, 1.54) is 10.4 Å². The summed E-state index contributed by atoms with van der Waals surface area (Å²) in [6, 6.07) is 21.5. The first-order chi connectivity index (χ1) is 12.0. The summed E-state index contributed by atoms with van der Waals surface area (Å²) in [7, 11) is -2.39. The Labute approximate surface area is 154 Å². The Kier molecular flexibility index (Phi) is 6.98. The van der Waals surface area contributed by atoms with Gasteiger partial charge in [0.15, 0.2) is 0 Å². The number of rotatable bonds is 7. The summed E-state index contributed by atoms with van der Waals surface area (Å²) in [5, 5.41) is 2.68. The molecular formula is C23H30OSi. The Bertz CT molecular complexity index is 642. The maximum atomic E-state index is 6.76. The van der Waals surface area contributed by atoms with Gasteiger partial charge in [0, 0.05) is 0 Å². The molecule has 0 fully saturated rings. The molecular weight excluding hydrogens is 320 g/mol. The summed E-state index contributed by atoms with van der Waals surface area (Å²) in [4.78, 5) is 0. The number of hydrogen-bond donors (Lipinski definition) is 0. The number of benzene rings is 2. The molecule has 0 saturated carbocycles. The topological polar surface area (TPSA) is 9.23 Å². The normalized spacial score (nSPS) is 13.0. The summed E-state index contributed by atoms with van der Waals surface area (Å²) < 4.78 is 6.76. The van der Waals surface area contributed by atoms with Gasteiger partial charge >= 0.3 is 0 Å². The van der Waals surface area contributed by atoms with Crippen molar-refractivity contribution in [3.63, 3.8) is 0 Å². The lowest BCUT2D eigenvalue weighted by molar-refractivity contribution is 0.339. The van der Waals surface area contributed by atoms with Crippen LogP contribution in [0.2, 0.25) is 5.04 Å². The van der Waals surface area contributed by atoms with E-state index in [0.717, 1.165) is 6.42 Å². The van der Waals surface area contributed by atoms with Crippen molar-refractivity contribution in [2.24, 2.45) is 0 Å². The van der Waals surface area contributed by atoms with Gasteiger partial charge in [0.2, 0.25) is 0 Å². The molecule has 2 rings (SSSR count). The van der Waals surface area contributed by atoms with Gasteiger partial charge in [0.25, 0.3) is 8.32 Å². The van der Waals surface area contributed by atoms with Crippen molar-refractivity contribution >= 4 is 18.7 Å². The molecule has 0 amide bonds. The van der Waals surface area contributed by atoms with Crippen LogP contribution < -0.4 is 10.4 Å².